The van der Waals surface area contributed by atoms with Gasteiger partial charge in [-0.1, -0.05) is 65.0 Å². The molecule has 9 atom stereocenters. The molecular formula is C42H62N2O4. The average molecular weight is 659 g/mol. The highest BCUT2D eigenvalue weighted by Crippen LogP contribution is 2.77. The van der Waals surface area contributed by atoms with Crippen molar-refractivity contribution in [1.29, 1.82) is 0 Å². The molecule has 0 heterocycles. The van der Waals surface area contributed by atoms with Gasteiger partial charge in [0.2, 0.25) is 5.91 Å². The number of allylic oxidation sites excluding steroid dienone is 3. The van der Waals surface area contributed by atoms with Crippen LogP contribution in [-0.4, -0.2) is 55.7 Å². The number of hydrogen-bond donors (Lipinski definition) is 2. The molecule has 6 nitrogen and oxygen atoms in total. The van der Waals surface area contributed by atoms with Gasteiger partial charge in [0.1, 0.15) is 5.75 Å². The van der Waals surface area contributed by atoms with Crippen LogP contribution in [-0.2, 0) is 9.59 Å². The van der Waals surface area contributed by atoms with Crippen LogP contribution in [0.15, 0.2) is 42.5 Å². The third kappa shape index (κ3) is 5.25. The lowest BCUT2D eigenvalue weighted by Crippen LogP contribution is -2.66. The number of hydrogen-bond acceptors (Lipinski definition) is 5. The predicted octanol–water partition coefficient (Wildman–Crippen LogP) is 7.91. The van der Waals surface area contributed by atoms with Crippen molar-refractivity contribution in [2.24, 2.45) is 56.7 Å². The number of ether oxygens (including phenoxy) is 1. The zero-order valence-electron chi connectivity index (χ0n) is 30.9. The first kappa shape index (κ1) is 35.4. The van der Waals surface area contributed by atoms with Crippen molar-refractivity contribution in [3.8, 4) is 5.75 Å². The van der Waals surface area contributed by atoms with Crippen LogP contribution >= 0.6 is 0 Å². The van der Waals surface area contributed by atoms with E-state index in [0.717, 1.165) is 38.6 Å². The van der Waals surface area contributed by atoms with Gasteiger partial charge in [0, 0.05) is 19.6 Å². The fourth-order valence-electron chi connectivity index (χ4n) is 13.2. The van der Waals surface area contributed by atoms with Gasteiger partial charge in [0.15, 0.2) is 0 Å². The predicted molar refractivity (Wildman–Crippen MR) is 193 cm³/mol. The summed E-state index contributed by atoms with van der Waals surface area (Å²) in [5.74, 6) is 3.37. The quantitative estimate of drug-likeness (QED) is 0.197. The summed E-state index contributed by atoms with van der Waals surface area (Å²) < 4.78 is 5.09. The SMILES string of the molecule is C=C(C)[C@@H]1CC[C@]2(C(=O)NCCN(C)CCO)CC[C@]3(C)[C@H](CC[C@@H]4[C@@]5(C)CC=C(c6ccc(OC=O)cc6)C(C)(C)[C@@H]5CC[C@]43C)[C@@H]12. The third-order valence-electron chi connectivity index (χ3n) is 15.7. The van der Waals surface area contributed by atoms with Crippen LogP contribution in [0.1, 0.15) is 105 Å². The second-order valence-electron chi connectivity index (χ2n) is 17.9. The van der Waals surface area contributed by atoms with Gasteiger partial charge in [-0.2, -0.15) is 0 Å². The summed E-state index contributed by atoms with van der Waals surface area (Å²) in [6, 6.07) is 8.06. The number of carbonyl (C=O) groups is 2. The fraction of sp³-hybridized carbons (Fsp3) is 0.714. The third-order valence-corrected chi connectivity index (χ3v) is 15.7. The molecule has 1 amide bonds. The highest BCUT2D eigenvalue weighted by Gasteiger charge is 2.71. The molecule has 4 saturated carbocycles. The molecule has 2 N–H and O–H groups in total. The van der Waals surface area contributed by atoms with Gasteiger partial charge in [-0.05, 0) is 146 Å². The van der Waals surface area contributed by atoms with E-state index < -0.39 is 0 Å². The molecule has 5 aliphatic rings. The number of rotatable bonds is 10. The van der Waals surface area contributed by atoms with Crippen LogP contribution in [0.5, 0.6) is 5.75 Å². The lowest BCUT2D eigenvalue weighted by molar-refractivity contribution is -0.225. The minimum Gasteiger partial charge on any atom is -0.429 e. The molecule has 1 aromatic carbocycles. The molecule has 0 aromatic heterocycles. The second kappa shape index (κ2) is 12.7. The van der Waals surface area contributed by atoms with E-state index in [2.05, 4.69) is 76.5 Å². The lowest BCUT2D eigenvalue weighted by atomic mass is 9.32. The van der Waals surface area contributed by atoms with Crippen LogP contribution < -0.4 is 10.1 Å². The van der Waals surface area contributed by atoms with Gasteiger partial charge in [-0.25, -0.2) is 0 Å². The number of benzene rings is 1. The van der Waals surface area contributed by atoms with Crippen molar-refractivity contribution >= 4 is 18.0 Å². The van der Waals surface area contributed by atoms with Crippen molar-refractivity contribution in [2.45, 2.75) is 99.3 Å². The molecule has 0 saturated heterocycles. The van der Waals surface area contributed by atoms with E-state index in [4.69, 9.17) is 4.74 Å². The number of nitrogens with zero attached hydrogens (tertiary/aromatic N) is 1. The van der Waals surface area contributed by atoms with Gasteiger partial charge < -0.3 is 20.1 Å². The zero-order chi connectivity index (χ0) is 34.7. The lowest BCUT2D eigenvalue weighted by Gasteiger charge is -2.72. The summed E-state index contributed by atoms with van der Waals surface area (Å²) in [5.41, 5.74) is 4.27. The number of nitrogens with one attached hydrogen (secondary N) is 1. The molecule has 0 bridgehead atoms. The van der Waals surface area contributed by atoms with E-state index >= 15 is 0 Å². The second-order valence-corrected chi connectivity index (χ2v) is 17.9. The fourth-order valence-corrected chi connectivity index (χ4v) is 13.2. The molecule has 6 rings (SSSR count). The summed E-state index contributed by atoms with van der Waals surface area (Å²) in [6.45, 7) is 22.2. The summed E-state index contributed by atoms with van der Waals surface area (Å²) in [6.07, 6.45) is 12.7. The molecule has 6 heteroatoms. The van der Waals surface area contributed by atoms with Crippen molar-refractivity contribution in [1.82, 2.24) is 10.2 Å². The first-order valence-corrected chi connectivity index (χ1v) is 18.8. The van der Waals surface area contributed by atoms with Crippen LogP contribution in [0.3, 0.4) is 0 Å². The average Bonchev–Trinajstić information content (AvgIpc) is 3.43. The highest BCUT2D eigenvalue weighted by molar-refractivity contribution is 5.84. The zero-order valence-corrected chi connectivity index (χ0v) is 30.9. The van der Waals surface area contributed by atoms with E-state index in [1.807, 2.05) is 19.2 Å². The summed E-state index contributed by atoms with van der Waals surface area (Å²) in [5, 5.41) is 12.7. The van der Waals surface area contributed by atoms with Crippen LogP contribution in [0.25, 0.3) is 5.57 Å². The number of likely N-dealkylation sites (N-methyl/N-ethyl adjacent to an activating group) is 1. The standard InChI is InChI=1S/C42H62N2O4/c1-28(2)31-15-20-42(37(47)43-23-24-44(8)25-26-45)22-21-40(6)33(36(31)42)13-14-35-39(5)18-16-32(29-9-11-30(12-10-29)48-27-46)38(3,4)34(39)17-19-41(35,40)7/h9-12,16,27,31,33-36,45H,1,13-15,17-26H2,2-8H3,(H,43,47)/t31-,33+,34-,35+,36+,39-,40+,41+,42-/m0/s1. The number of amides is 1. The Morgan fingerprint density at radius 2 is 1.71 bits per heavy atom. The van der Waals surface area contributed by atoms with E-state index in [1.54, 1.807) is 0 Å². The Bertz CT molecular complexity index is 1430. The van der Waals surface area contributed by atoms with Crippen molar-refractivity contribution < 1.29 is 19.4 Å². The summed E-state index contributed by atoms with van der Waals surface area (Å²) >= 11 is 0. The normalized spacial score (nSPS) is 39.7. The number of aliphatic hydroxyl groups is 1. The Kier molecular flexibility index (Phi) is 9.37. The largest absolute Gasteiger partial charge is 0.429 e. The van der Waals surface area contributed by atoms with Crippen molar-refractivity contribution in [3.05, 3.63) is 48.1 Å². The molecule has 264 valence electrons. The monoisotopic (exact) mass is 658 g/mol. The van der Waals surface area contributed by atoms with Gasteiger partial charge in [-0.3, -0.25) is 9.59 Å². The van der Waals surface area contributed by atoms with Crippen molar-refractivity contribution in [2.75, 3.05) is 33.3 Å². The van der Waals surface area contributed by atoms with E-state index in [-0.39, 0.29) is 39.6 Å². The maximum Gasteiger partial charge on any atom is 0.298 e. The van der Waals surface area contributed by atoms with E-state index in [1.165, 1.54) is 42.4 Å². The summed E-state index contributed by atoms with van der Waals surface area (Å²) in [7, 11) is 2.00. The van der Waals surface area contributed by atoms with Gasteiger partial charge in [0.25, 0.3) is 6.47 Å². The first-order valence-electron chi connectivity index (χ1n) is 18.8. The van der Waals surface area contributed by atoms with Gasteiger partial charge in [0.05, 0.1) is 12.0 Å². The maximum absolute atomic E-state index is 14.3. The number of fused-ring (bicyclic) bond motifs is 7. The summed E-state index contributed by atoms with van der Waals surface area (Å²) in [4.78, 5) is 27.3. The topological polar surface area (TPSA) is 78.9 Å². The van der Waals surface area contributed by atoms with Crippen molar-refractivity contribution in [3.63, 3.8) is 0 Å². The molecule has 0 radical (unpaired) electrons. The minimum absolute atomic E-state index is 0.0284. The van der Waals surface area contributed by atoms with E-state index in [9.17, 15) is 14.7 Å². The van der Waals surface area contributed by atoms with Gasteiger partial charge >= 0.3 is 0 Å². The molecular weight excluding hydrogens is 596 g/mol. The Hall–Kier alpha value is -2.44. The number of carbonyl (C=O) groups excluding carboxylic acids is 2. The Morgan fingerprint density at radius 1 is 0.979 bits per heavy atom. The first-order chi connectivity index (χ1) is 22.7. The molecule has 4 fully saturated rings. The molecule has 1 aromatic rings. The number of aliphatic hydroxyl groups excluding tert-OH is 1. The highest BCUT2D eigenvalue weighted by atomic mass is 16.5. The smallest absolute Gasteiger partial charge is 0.298 e. The van der Waals surface area contributed by atoms with Crippen LogP contribution in [0.2, 0.25) is 0 Å². The molecule has 48 heavy (non-hydrogen) atoms. The Balaban J connectivity index is 1.29. The van der Waals surface area contributed by atoms with Crippen LogP contribution in [0.4, 0.5) is 0 Å². The Morgan fingerprint density at radius 3 is 2.38 bits per heavy atom. The maximum atomic E-state index is 14.3. The molecule has 0 unspecified atom stereocenters. The molecule has 0 spiro atoms. The van der Waals surface area contributed by atoms with Gasteiger partial charge in [-0.15, -0.1) is 0 Å². The molecule has 0 aliphatic heterocycles. The Labute approximate surface area is 290 Å². The minimum atomic E-state index is -0.301. The van der Waals surface area contributed by atoms with Crippen LogP contribution in [0, 0.1) is 56.7 Å². The van der Waals surface area contributed by atoms with E-state index in [0.29, 0.717) is 54.9 Å². The molecule has 5 aliphatic carbocycles.